The first-order valence-electron chi connectivity index (χ1n) is 7.24. The van der Waals surface area contributed by atoms with Gasteiger partial charge in [-0.3, -0.25) is 4.79 Å². The number of aryl methyl sites for hydroxylation is 2. The van der Waals surface area contributed by atoms with Gasteiger partial charge in [-0.25, -0.2) is 0 Å². The highest BCUT2D eigenvalue weighted by Crippen LogP contribution is 2.19. The van der Waals surface area contributed by atoms with Crippen molar-refractivity contribution in [1.29, 1.82) is 0 Å². The molecule has 1 heterocycles. The lowest BCUT2D eigenvalue weighted by Crippen LogP contribution is -2.38. The van der Waals surface area contributed by atoms with Crippen molar-refractivity contribution < 1.29 is 9.53 Å². The number of carbonyl (C=O) groups is 1. The van der Waals surface area contributed by atoms with E-state index in [9.17, 15) is 4.79 Å². The van der Waals surface area contributed by atoms with Gasteiger partial charge in [-0.1, -0.05) is 17.7 Å². The topological polar surface area (TPSA) is 41.6 Å². The second kappa shape index (κ2) is 6.75. The van der Waals surface area contributed by atoms with Gasteiger partial charge in [0.05, 0.1) is 13.0 Å². The Morgan fingerprint density at radius 3 is 2.90 bits per heavy atom. The SMILES string of the molecule is Cc1ccc(OCCC(=O)N(C)[C@H]2CCNC2)c(C)c1. The highest BCUT2D eigenvalue weighted by atomic mass is 16.5. The third-order valence-electron chi connectivity index (χ3n) is 3.88. The largest absolute Gasteiger partial charge is 0.493 e. The van der Waals surface area contributed by atoms with Gasteiger partial charge in [0.2, 0.25) is 5.91 Å². The van der Waals surface area contributed by atoms with Crippen LogP contribution in [0.15, 0.2) is 18.2 Å². The quantitative estimate of drug-likeness (QED) is 0.893. The highest BCUT2D eigenvalue weighted by Gasteiger charge is 2.22. The van der Waals surface area contributed by atoms with Crippen LogP contribution in [0.25, 0.3) is 0 Å². The van der Waals surface area contributed by atoms with Crippen molar-refractivity contribution in [3.8, 4) is 5.75 Å². The maximum Gasteiger partial charge on any atom is 0.226 e. The van der Waals surface area contributed by atoms with Crippen LogP contribution in [0.3, 0.4) is 0 Å². The minimum absolute atomic E-state index is 0.156. The van der Waals surface area contributed by atoms with Crippen LogP contribution >= 0.6 is 0 Å². The molecular weight excluding hydrogens is 252 g/mol. The predicted molar refractivity (Wildman–Crippen MR) is 80.1 cm³/mol. The fraction of sp³-hybridized carbons (Fsp3) is 0.562. The van der Waals surface area contributed by atoms with Crippen LogP contribution in [0.2, 0.25) is 0 Å². The Labute approximate surface area is 121 Å². The minimum atomic E-state index is 0.156. The summed E-state index contributed by atoms with van der Waals surface area (Å²) in [6.07, 6.45) is 1.47. The maximum absolute atomic E-state index is 12.1. The van der Waals surface area contributed by atoms with E-state index in [0.717, 1.165) is 30.8 Å². The number of hydrogen-bond donors (Lipinski definition) is 1. The van der Waals surface area contributed by atoms with Crippen LogP contribution in [0.1, 0.15) is 24.0 Å². The number of amides is 1. The Bertz CT molecular complexity index is 468. The van der Waals surface area contributed by atoms with Gasteiger partial charge in [0.15, 0.2) is 0 Å². The second-order valence-corrected chi connectivity index (χ2v) is 5.52. The molecule has 1 aliphatic rings. The van der Waals surface area contributed by atoms with E-state index in [1.807, 2.05) is 31.0 Å². The molecule has 1 aromatic rings. The lowest BCUT2D eigenvalue weighted by atomic mass is 10.1. The molecule has 1 saturated heterocycles. The fourth-order valence-electron chi connectivity index (χ4n) is 2.56. The predicted octanol–water partition coefficient (Wildman–Crippen LogP) is 1.89. The summed E-state index contributed by atoms with van der Waals surface area (Å²) < 4.78 is 5.71. The van der Waals surface area contributed by atoms with Gasteiger partial charge in [-0.2, -0.15) is 0 Å². The first-order chi connectivity index (χ1) is 9.58. The zero-order chi connectivity index (χ0) is 14.5. The summed E-state index contributed by atoms with van der Waals surface area (Å²) in [5.41, 5.74) is 2.34. The van der Waals surface area contributed by atoms with Gasteiger partial charge in [-0.15, -0.1) is 0 Å². The first-order valence-corrected chi connectivity index (χ1v) is 7.24. The Morgan fingerprint density at radius 1 is 1.45 bits per heavy atom. The number of benzene rings is 1. The molecule has 1 atom stereocenters. The molecule has 4 heteroatoms. The Balaban J connectivity index is 1.78. The van der Waals surface area contributed by atoms with Crippen LogP contribution in [-0.2, 0) is 4.79 Å². The average molecular weight is 276 g/mol. The van der Waals surface area contributed by atoms with Crippen LogP contribution in [0.4, 0.5) is 0 Å². The van der Waals surface area contributed by atoms with Crippen molar-refractivity contribution in [2.24, 2.45) is 0 Å². The summed E-state index contributed by atoms with van der Waals surface area (Å²) in [6, 6.07) is 6.43. The normalized spacial score (nSPS) is 18.1. The third kappa shape index (κ3) is 3.73. The minimum Gasteiger partial charge on any atom is -0.493 e. The molecule has 1 aromatic carbocycles. The summed E-state index contributed by atoms with van der Waals surface area (Å²) in [5.74, 6) is 1.03. The van der Waals surface area contributed by atoms with E-state index < -0.39 is 0 Å². The molecular formula is C16H24N2O2. The molecule has 0 radical (unpaired) electrons. The van der Waals surface area contributed by atoms with E-state index in [4.69, 9.17) is 4.74 Å². The van der Waals surface area contributed by atoms with Crippen molar-refractivity contribution in [3.05, 3.63) is 29.3 Å². The molecule has 0 bridgehead atoms. The van der Waals surface area contributed by atoms with Gasteiger partial charge < -0.3 is 15.0 Å². The molecule has 110 valence electrons. The van der Waals surface area contributed by atoms with Crippen LogP contribution < -0.4 is 10.1 Å². The number of nitrogens with one attached hydrogen (secondary N) is 1. The molecule has 0 saturated carbocycles. The van der Waals surface area contributed by atoms with E-state index in [1.54, 1.807) is 0 Å². The van der Waals surface area contributed by atoms with Crippen molar-refractivity contribution in [2.45, 2.75) is 32.7 Å². The molecule has 2 rings (SSSR count). The number of likely N-dealkylation sites (N-methyl/N-ethyl adjacent to an activating group) is 1. The van der Waals surface area contributed by atoms with Crippen LogP contribution in [0.5, 0.6) is 5.75 Å². The maximum atomic E-state index is 12.1. The summed E-state index contributed by atoms with van der Waals surface area (Å²) >= 11 is 0. The van der Waals surface area contributed by atoms with E-state index >= 15 is 0 Å². The lowest BCUT2D eigenvalue weighted by molar-refractivity contribution is -0.132. The monoisotopic (exact) mass is 276 g/mol. The fourth-order valence-corrected chi connectivity index (χ4v) is 2.56. The van der Waals surface area contributed by atoms with Gasteiger partial charge in [0, 0.05) is 19.6 Å². The van der Waals surface area contributed by atoms with Crippen molar-refractivity contribution in [3.63, 3.8) is 0 Å². The average Bonchev–Trinajstić information content (AvgIpc) is 2.94. The summed E-state index contributed by atoms with van der Waals surface area (Å²) in [4.78, 5) is 13.9. The van der Waals surface area contributed by atoms with Gasteiger partial charge in [-0.05, 0) is 38.4 Å². The van der Waals surface area contributed by atoms with E-state index in [2.05, 4.69) is 18.3 Å². The summed E-state index contributed by atoms with van der Waals surface area (Å²) in [7, 11) is 1.89. The van der Waals surface area contributed by atoms with Crippen molar-refractivity contribution in [1.82, 2.24) is 10.2 Å². The highest BCUT2D eigenvalue weighted by molar-refractivity contribution is 5.76. The Morgan fingerprint density at radius 2 is 2.25 bits per heavy atom. The Kier molecular flexibility index (Phi) is 5.01. The molecule has 1 amide bonds. The van der Waals surface area contributed by atoms with Crippen LogP contribution in [0, 0.1) is 13.8 Å². The number of carbonyl (C=O) groups excluding carboxylic acids is 1. The summed E-state index contributed by atoms with van der Waals surface area (Å²) in [5, 5.41) is 3.28. The molecule has 0 aromatic heterocycles. The molecule has 20 heavy (non-hydrogen) atoms. The van der Waals surface area contributed by atoms with Crippen molar-refractivity contribution >= 4 is 5.91 Å². The lowest BCUT2D eigenvalue weighted by Gasteiger charge is -2.23. The number of ether oxygens (including phenoxy) is 1. The molecule has 0 spiro atoms. The summed E-state index contributed by atoms with van der Waals surface area (Å²) in [6.45, 7) is 6.43. The molecule has 1 aliphatic heterocycles. The first kappa shape index (κ1) is 14.9. The molecule has 1 fully saturated rings. The zero-order valence-electron chi connectivity index (χ0n) is 12.6. The number of hydrogen-bond acceptors (Lipinski definition) is 3. The van der Waals surface area contributed by atoms with Crippen LogP contribution in [-0.4, -0.2) is 43.6 Å². The zero-order valence-corrected chi connectivity index (χ0v) is 12.6. The van der Waals surface area contributed by atoms with E-state index in [1.165, 1.54) is 5.56 Å². The molecule has 0 aliphatic carbocycles. The van der Waals surface area contributed by atoms with Gasteiger partial charge in [0.25, 0.3) is 0 Å². The molecule has 1 N–H and O–H groups in total. The van der Waals surface area contributed by atoms with Gasteiger partial charge in [0.1, 0.15) is 5.75 Å². The van der Waals surface area contributed by atoms with E-state index in [-0.39, 0.29) is 5.91 Å². The molecule has 4 nitrogen and oxygen atoms in total. The Hall–Kier alpha value is -1.55. The molecule has 0 unspecified atom stereocenters. The second-order valence-electron chi connectivity index (χ2n) is 5.52. The smallest absolute Gasteiger partial charge is 0.226 e. The van der Waals surface area contributed by atoms with E-state index in [0.29, 0.717) is 19.1 Å². The van der Waals surface area contributed by atoms with Gasteiger partial charge >= 0.3 is 0 Å². The van der Waals surface area contributed by atoms with Crippen molar-refractivity contribution in [2.75, 3.05) is 26.7 Å². The standard InChI is InChI=1S/C16H24N2O2/c1-12-4-5-15(13(2)10-12)20-9-7-16(19)18(3)14-6-8-17-11-14/h4-5,10,14,17H,6-9,11H2,1-3H3/t14-/m0/s1. The number of nitrogens with zero attached hydrogens (tertiary/aromatic N) is 1. The third-order valence-corrected chi connectivity index (χ3v) is 3.88. The number of rotatable bonds is 5.